The molecule has 0 atom stereocenters. The summed E-state index contributed by atoms with van der Waals surface area (Å²) in [6.07, 6.45) is 5.54. The quantitative estimate of drug-likeness (QED) is 0.286. The van der Waals surface area contributed by atoms with Crippen molar-refractivity contribution in [2.75, 3.05) is 10.7 Å². The van der Waals surface area contributed by atoms with Crippen molar-refractivity contribution in [3.63, 3.8) is 0 Å². The predicted molar refractivity (Wildman–Crippen MR) is 86.1 cm³/mol. The summed E-state index contributed by atoms with van der Waals surface area (Å²) in [5.41, 5.74) is 0. The van der Waals surface area contributed by atoms with Gasteiger partial charge < -0.3 is 5.11 Å². The van der Waals surface area contributed by atoms with Crippen LogP contribution in [0.3, 0.4) is 0 Å². The van der Waals surface area contributed by atoms with Gasteiger partial charge in [-0.2, -0.15) is 0 Å². The number of aliphatic carboxylic acids is 1. The van der Waals surface area contributed by atoms with E-state index in [9.17, 15) is 19.2 Å². The summed E-state index contributed by atoms with van der Waals surface area (Å²) in [4.78, 5) is 38.4. The third kappa shape index (κ3) is 36.1. The first-order valence-corrected chi connectivity index (χ1v) is 7.83. The van der Waals surface area contributed by atoms with Crippen molar-refractivity contribution in [2.24, 2.45) is 0 Å². The summed E-state index contributed by atoms with van der Waals surface area (Å²) in [6, 6.07) is 0. The highest BCUT2D eigenvalue weighted by Gasteiger charge is 2.01. The molecule has 20 heavy (non-hydrogen) atoms. The molecule has 0 bridgehead atoms. The minimum atomic E-state index is -1.14. The van der Waals surface area contributed by atoms with Gasteiger partial charge in [0.15, 0.2) is 0 Å². The van der Waals surface area contributed by atoms with E-state index in [0.717, 1.165) is 6.08 Å². The van der Waals surface area contributed by atoms with E-state index in [1.54, 1.807) is 6.08 Å². The van der Waals surface area contributed by atoms with Gasteiger partial charge >= 0.3 is 16.5 Å². The van der Waals surface area contributed by atoms with Gasteiger partial charge in [-0.05, 0) is 40.9 Å². The molecule has 0 radical (unpaired) electrons. The molecule has 0 aliphatic heterocycles. The molecule has 0 aliphatic carbocycles. The van der Waals surface area contributed by atoms with Crippen molar-refractivity contribution in [3.8, 4) is 0 Å². The number of carboxylic acids is 1. The number of hydrogen-bond acceptors (Lipinski definition) is 4. The zero-order chi connectivity index (χ0) is 16.6. The molecule has 0 saturated heterocycles. The van der Waals surface area contributed by atoms with E-state index in [1.807, 2.05) is 0 Å². The molecular weight excluding hydrogens is 466 g/mol. The smallest absolute Gasteiger partial charge is 0.328 e. The van der Waals surface area contributed by atoms with Crippen LogP contribution in [0.25, 0.3) is 0 Å². The summed E-state index contributed by atoms with van der Waals surface area (Å²) in [5, 5.41) is 6.49. The Balaban J connectivity index is -0.000000218. The van der Waals surface area contributed by atoms with E-state index < -0.39 is 21.7 Å². The topological polar surface area (TPSA) is 88.5 Å². The average Bonchev–Trinajstić information content (AvgIpc) is 2.35. The van der Waals surface area contributed by atoms with Crippen LogP contribution < -0.4 is 0 Å². The van der Waals surface area contributed by atoms with Gasteiger partial charge in [0.1, 0.15) is 0 Å². The first-order valence-electron chi connectivity index (χ1n) is 4.45. The maximum Gasteiger partial charge on any atom is 0.328 e. The van der Waals surface area contributed by atoms with Crippen molar-refractivity contribution >= 4 is 88.4 Å². The van der Waals surface area contributed by atoms with Gasteiger partial charge in [0, 0.05) is 16.7 Å². The lowest BCUT2D eigenvalue weighted by atomic mass is 10.5. The maximum absolute atomic E-state index is 9.86. The second-order valence-corrected chi connectivity index (χ2v) is 4.66. The fourth-order valence-electron chi connectivity index (χ4n) is 0.283. The zero-order valence-electron chi connectivity index (χ0n) is 9.69. The Hall–Kier alpha value is -0.210. The van der Waals surface area contributed by atoms with Crippen molar-refractivity contribution in [2.45, 2.75) is 0 Å². The van der Waals surface area contributed by atoms with Gasteiger partial charge in [0.25, 0.3) is 0 Å². The third-order valence-electron chi connectivity index (χ3n) is 0.842. The van der Waals surface area contributed by atoms with Crippen LogP contribution in [0, 0.1) is 0 Å². The standard InChI is InChI=1S/C4H4BrClO.C4H5BrO2.C2Cl2O2/c2*5-3-1-2-4(6)7;3-1(5)2(4)6/h1-2H,3H2;1-2H,3H2,(H,6,7);/b2*2-1+;. The number of carbonyl (C=O) groups is 4. The Morgan fingerprint density at radius 1 is 0.850 bits per heavy atom. The van der Waals surface area contributed by atoms with Gasteiger partial charge in [-0.1, -0.05) is 44.0 Å². The van der Waals surface area contributed by atoms with Gasteiger partial charge in [-0.15, -0.1) is 0 Å². The molecule has 0 aliphatic rings. The largest absolute Gasteiger partial charge is 0.478 e. The Morgan fingerprint density at radius 3 is 1.30 bits per heavy atom. The van der Waals surface area contributed by atoms with Crippen LogP contribution in [-0.2, 0) is 19.2 Å². The first-order chi connectivity index (χ1) is 9.18. The van der Waals surface area contributed by atoms with E-state index in [1.165, 1.54) is 12.2 Å². The number of halogens is 5. The minimum absolute atomic E-state index is 0.431. The van der Waals surface area contributed by atoms with E-state index in [2.05, 4.69) is 55.1 Å². The first kappa shape index (κ1) is 24.8. The minimum Gasteiger partial charge on any atom is -0.478 e. The number of alkyl halides is 2. The summed E-state index contributed by atoms with van der Waals surface area (Å²) in [5.74, 6) is -0.903. The van der Waals surface area contributed by atoms with Crippen LogP contribution in [0.5, 0.6) is 0 Å². The molecule has 0 saturated carbocycles. The Labute approximate surface area is 147 Å². The van der Waals surface area contributed by atoms with Crippen molar-refractivity contribution in [1.29, 1.82) is 0 Å². The molecule has 0 aromatic heterocycles. The SMILES string of the molecule is O=C(Cl)/C=C/CBr.O=C(Cl)C(=O)Cl.O=C(O)/C=C/CBr. The molecule has 0 aromatic rings. The number of hydrogen-bond donors (Lipinski definition) is 1. The number of carbonyl (C=O) groups excluding carboxylic acids is 3. The van der Waals surface area contributed by atoms with Crippen molar-refractivity contribution < 1.29 is 24.3 Å². The van der Waals surface area contributed by atoms with E-state index in [-0.39, 0.29) is 0 Å². The van der Waals surface area contributed by atoms with E-state index >= 15 is 0 Å². The van der Waals surface area contributed by atoms with Crippen LogP contribution in [0.15, 0.2) is 24.3 Å². The van der Waals surface area contributed by atoms with Gasteiger partial charge in [0.05, 0.1) is 0 Å². The molecule has 0 spiro atoms. The lowest BCUT2D eigenvalue weighted by molar-refractivity contribution is -0.131. The van der Waals surface area contributed by atoms with Crippen LogP contribution in [0.1, 0.15) is 0 Å². The molecule has 1 N–H and O–H groups in total. The number of allylic oxidation sites excluding steroid dienone is 3. The molecule has 0 fully saturated rings. The Morgan fingerprint density at radius 2 is 1.20 bits per heavy atom. The van der Waals surface area contributed by atoms with E-state index in [4.69, 9.17) is 16.7 Å². The molecule has 0 aromatic carbocycles. The summed E-state index contributed by atoms with van der Waals surface area (Å²) < 4.78 is 0. The summed E-state index contributed by atoms with van der Waals surface area (Å²) in [6.45, 7) is 0. The van der Waals surface area contributed by atoms with Crippen LogP contribution in [-0.4, -0.2) is 37.5 Å². The van der Waals surface area contributed by atoms with Crippen molar-refractivity contribution in [3.05, 3.63) is 24.3 Å². The second-order valence-electron chi connectivity index (χ2n) is 2.30. The summed E-state index contributed by atoms with van der Waals surface area (Å²) in [7, 11) is 0. The van der Waals surface area contributed by atoms with Crippen LogP contribution >= 0.6 is 66.7 Å². The lowest BCUT2D eigenvalue weighted by Gasteiger charge is -1.72. The number of carboxylic acid groups (broad SMARTS) is 1. The fraction of sp³-hybridized carbons (Fsp3) is 0.200. The highest BCUT2D eigenvalue weighted by atomic mass is 79.9. The Bertz CT molecular complexity index is 347. The van der Waals surface area contributed by atoms with Gasteiger partial charge in [-0.25, -0.2) is 4.79 Å². The normalized spacial score (nSPS) is 9.25. The van der Waals surface area contributed by atoms with E-state index in [0.29, 0.717) is 10.7 Å². The summed E-state index contributed by atoms with van der Waals surface area (Å²) >= 11 is 20.0. The molecule has 114 valence electrons. The highest BCUT2D eigenvalue weighted by molar-refractivity contribution is 9.09. The zero-order valence-corrected chi connectivity index (χ0v) is 15.1. The van der Waals surface area contributed by atoms with Crippen LogP contribution in [0.2, 0.25) is 0 Å². The predicted octanol–water partition coefficient (Wildman–Crippen LogP) is 3.24. The molecule has 0 rings (SSSR count). The van der Waals surface area contributed by atoms with Gasteiger partial charge in [-0.3, -0.25) is 14.4 Å². The molecular formula is C10H9Br2Cl3O5. The van der Waals surface area contributed by atoms with Gasteiger partial charge in [0.2, 0.25) is 5.24 Å². The molecule has 0 amide bonds. The molecule has 5 nitrogen and oxygen atoms in total. The molecule has 0 unspecified atom stereocenters. The maximum atomic E-state index is 9.86. The van der Waals surface area contributed by atoms with Crippen molar-refractivity contribution in [1.82, 2.24) is 0 Å². The third-order valence-corrected chi connectivity index (χ3v) is 2.16. The fourth-order valence-corrected chi connectivity index (χ4v) is 0.745. The van der Waals surface area contributed by atoms with Crippen LogP contribution in [0.4, 0.5) is 0 Å². The number of rotatable bonds is 5. The molecule has 0 heterocycles. The lowest BCUT2D eigenvalue weighted by Crippen LogP contribution is -1.94. The Kier molecular flexibility index (Phi) is 23.3. The monoisotopic (exact) mass is 472 g/mol. The average molecular weight is 475 g/mol. The molecule has 10 heteroatoms. The second kappa shape index (κ2) is 18.8. The highest BCUT2D eigenvalue weighted by Crippen LogP contribution is 1.85.